The maximum atomic E-state index is 12.1. The van der Waals surface area contributed by atoms with E-state index in [2.05, 4.69) is 10.3 Å². The number of phenols is 1. The van der Waals surface area contributed by atoms with Crippen LogP contribution in [0, 0.1) is 0 Å². The van der Waals surface area contributed by atoms with E-state index in [4.69, 9.17) is 9.47 Å². The number of thioether (sulfide) groups is 1. The van der Waals surface area contributed by atoms with Crippen LogP contribution in [0.2, 0.25) is 0 Å². The number of rotatable bonds is 4. The molecule has 0 bridgehead atoms. The van der Waals surface area contributed by atoms with Gasteiger partial charge in [0.05, 0.1) is 25.2 Å². The smallest absolute Gasteiger partial charge is 0.264 e. The summed E-state index contributed by atoms with van der Waals surface area (Å²) >= 11 is 1.34. The van der Waals surface area contributed by atoms with Crippen LogP contribution in [0.25, 0.3) is 6.08 Å². The first-order valence-corrected chi connectivity index (χ1v) is 8.66. The largest absolute Gasteiger partial charge is 0.502 e. The van der Waals surface area contributed by atoms with Crippen LogP contribution in [-0.2, 0) is 4.79 Å². The molecule has 1 aromatic rings. The standard InChI is InChI=1S/C17H20N2O4S/c1-22-12-7-10(8-13(23-2)15(12)20)9-14-16(21)19-17(24-14)18-11-5-3-4-6-11/h7-9,11,20H,3-6H2,1-2H3,(H,18,19,21)/b14-9+. The SMILES string of the molecule is COc1cc(/C=C2/SC(=NC3CCCC3)NC2=O)cc(OC)c1O. The molecule has 7 heteroatoms. The molecule has 1 aliphatic carbocycles. The number of ether oxygens (including phenoxy) is 2. The number of hydrogen-bond acceptors (Lipinski definition) is 6. The van der Waals surface area contributed by atoms with Crippen molar-refractivity contribution >= 4 is 28.9 Å². The van der Waals surface area contributed by atoms with E-state index < -0.39 is 0 Å². The number of amidine groups is 1. The first-order chi connectivity index (χ1) is 11.6. The average molecular weight is 348 g/mol. The molecule has 1 amide bonds. The van der Waals surface area contributed by atoms with Crippen molar-refractivity contribution in [2.75, 3.05) is 14.2 Å². The summed E-state index contributed by atoms with van der Waals surface area (Å²) < 4.78 is 10.3. The number of methoxy groups -OCH3 is 2. The van der Waals surface area contributed by atoms with Gasteiger partial charge in [-0.15, -0.1) is 0 Å². The second-order valence-corrected chi connectivity index (χ2v) is 6.74. The third kappa shape index (κ3) is 3.51. The van der Waals surface area contributed by atoms with Crippen molar-refractivity contribution < 1.29 is 19.4 Å². The number of amides is 1. The molecule has 0 aromatic heterocycles. The third-order valence-electron chi connectivity index (χ3n) is 4.08. The molecular formula is C17H20N2O4S. The molecule has 6 nitrogen and oxygen atoms in total. The molecule has 0 spiro atoms. The van der Waals surface area contributed by atoms with Gasteiger partial charge in [0.2, 0.25) is 5.75 Å². The Kier molecular flexibility index (Phi) is 4.99. The predicted molar refractivity (Wildman–Crippen MR) is 94.6 cm³/mol. The van der Waals surface area contributed by atoms with E-state index in [1.165, 1.54) is 38.8 Å². The van der Waals surface area contributed by atoms with Crippen molar-refractivity contribution in [3.63, 3.8) is 0 Å². The van der Waals surface area contributed by atoms with Gasteiger partial charge in [-0.2, -0.15) is 0 Å². The van der Waals surface area contributed by atoms with Crippen LogP contribution >= 0.6 is 11.8 Å². The van der Waals surface area contributed by atoms with Crippen LogP contribution in [0.4, 0.5) is 0 Å². The molecule has 3 rings (SSSR count). The number of nitrogens with zero attached hydrogens (tertiary/aromatic N) is 1. The maximum Gasteiger partial charge on any atom is 0.264 e. The van der Waals surface area contributed by atoms with Crippen molar-refractivity contribution in [1.29, 1.82) is 0 Å². The Labute approximate surface area is 144 Å². The normalized spacial score (nSPS) is 21.5. The van der Waals surface area contributed by atoms with Crippen molar-refractivity contribution in [2.24, 2.45) is 4.99 Å². The Balaban J connectivity index is 1.84. The fraction of sp³-hybridized carbons (Fsp3) is 0.412. The number of aromatic hydroxyl groups is 1. The summed E-state index contributed by atoms with van der Waals surface area (Å²) in [6.07, 6.45) is 6.32. The van der Waals surface area contributed by atoms with Gasteiger partial charge < -0.3 is 19.9 Å². The van der Waals surface area contributed by atoms with Crippen LogP contribution in [0.1, 0.15) is 31.2 Å². The van der Waals surface area contributed by atoms with Crippen molar-refractivity contribution in [1.82, 2.24) is 5.32 Å². The van der Waals surface area contributed by atoms with Gasteiger partial charge in [0, 0.05) is 0 Å². The van der Waals surface area contributed by atoms with Gasteiger partial charge in [-0.25, -0.2) is 0 Å². The molecule has 2 aliphatic rings. The van der Waals surface area contributed by atoms with Gasteiger partial charge in [-0.3, -0.25) is 9.79 Å². The highest BCUT2D eigenvalue weighted by Crippen LogP contribution is 2.38. The first-order valence-electron chi connectivity index (χ1n) is 7.84. The zero-order chi connectivity index (χ0) is 17.1. The van der Waals surface area contributed by atoms with E-state index in [-0.39, 0.29) is 11.7 Å². The number of aliphatic imine (C=N–C) groups is 1. The van der Waals surface area contributed by atoms with Crippen LogP contribution in [0.3, 0.4) is 0 Å². The molecule has 128 valence electrons. The lowest BCUT2D eigenvalue weighted by atomic mass is 10.1. The molecule has 0 radical (unpaired) electrons. The highest BCUT2D eigenvalue weighted by molar-refractivity contribution is 8.18. The van der Waals surface area contributed by atoms with Crippen molar-refractivity contribution in [2.45, 2.75) is 31.7 Å². The zero-order valence-corrected chi connectivity index (χ0v) is 14.5. The van der Waals surface area contributed by atoms with E-state index in [1.807, 2.05) is 0 Å². The molecule has 24 heavy (non-hydrogen) atoms. The van der Waals surface area contributed by atoms with Gasteiger partial charge in [0.25, 0.3) is 5.91 Å². The Morgan fingerprint density at radius 3 is 2.46 bits per heavy atom. The monoisotopic (exact) mass is 348 g/mol. The lowest BCUT2D eigenvalue weighted by Crippen LogP contribution is -2.21. The highest BCUT2D eigenvalue weighted by atomic mass is 32.2. The summed E-state index contributed by atoms with van der Waals surface area (Å²) in [5.74, 6) is 0.366. The fourth-order valence-electron chi connectivity index (χ4n) is 2.84. The van der Waals surface area contributed by atoms with Gasteiger partial charge in [0.1, 0.15) is 0 Å². The number of benzene rings is 1. The summed E-state index contributed by atoms with van der Waals surface area (Å²) in [6, 6.07) is 3.64. The van der Waals surface area contributed by atoms with Crippen LogP contribution < -0.4 is 14.8 Å². The second kappa shape index (κ2) is 7.17. The maximum absolute atomic E-state index is 12.1. The number of hydrogen-bond donors (Lipinski definition) is 2. The minimum Gasteiger partial charge on any atom is -0.502 e. The second-order valence-electron chi connectivity index (χ2n) is 5.71. The van der Waals surface area contributed by atoms with Crippen molar-refractivity contribution in [3.8, 4) is 17.2 Å². The summed E-state index contributed by atoms with van der Waals surface area (Å²) in [4.78, 5) is 17.3. The minimum absolute atomic E-state index is 0.0610. The Morgan fingerprint density at radius 2 is 1.88 bits per heavy atom. The van der Waals surface area contributed by atoms with Gasteiger partial charge in [0.15, 0.2) is 16.7 Å². The number of nitrogens with one attached hydrogen (secondary N) is 1. The van der Waals surface area contributed by atoms with Gasteiger partial charge in [-0.05, 0) is 48.4 Å². The van der Waals surface area contributed by atoms with Crippen LogP contribution in [0.15, 0.2) is 22.0 Å². The molecule has 1 aromatic carbocycles. The molecule has 1 aliphatic heterocycles. The topological polar surface area (TPSA) is 80.2 Å². The zero-order valence-electron chi connectivity index (χ0n) is 13.7. The summed E-state index contributed by atoms with van der Waals surface area (Å²) in [7, 11) is 2.93. The van der Waals surface area contributed by atoms with Gasteiger partial charge in [-0.1, -0.05) is 12.8 Å². The number of carbonyl (C=O) groups excluding carboxylic acids is 1. The van der Waals surface area contributed by atoms with Crippen LogP contribution in [-0.4, -0.2) is 36.4 Å². The Morgan fingerprint density at radius 1 is 1.25 bits per heavy atom. The third-order valence-corrected chi connectivity index (χ3v) is 5.00. The Bertz CT molecular complexity index is 684. The lowest BCUT2D eigenvalue weighted by Gasteiger charge is -2.09. The molecule has 2 N–H and O–H groups in total. The number of carbonyl (C=O) groups is 1. The minimum atomic E-state index is -0.164. The van der Waals surface area contributed by atoms with E-state index in [1.54, 1.807) is 18.2 Å². The summed E-state index contributed by atoms with van der Waals surface area (Å²) in [5, 5.41) is 13.4. The molecule has 0 atom stereocenters. The van der Waals surface area contributed by atoms with E-state index >= 15 is 0 Å². The lowest BCUT2D eigenvalue weighted by molar-refractivity contribution is -0.115. The highest BCUT2D eigenvalue weighted by Gasteiger charge is 2.26. The van der Waals surface area contributed by atoms with Crippen molar-refractivity contribution in [3.05, 3.63) is 22.6 Å². The Hall–Kier alpha value is -2.15. The fourth-order valence-corrected chi connectivity index (χ4v) is 3.73. The van der Waals surface area contributed by atoms with E-state index in [0.717, 1.165) is 12.8 Å². The molecular weight excluding hydrogens is 328 g/mol. The number of phenolic OH excluding ortho intramolecular Hbond substituents is 1. The molecule has 0 unspecified atom stereocenters. The predicted octanol–water partition coefficient (Wildman–Crippen LogP) is 2.91. The van der Waals surface area contributed by atoms with Gasteiger partial charge >= 0.3 is 0 Å². The molecule has 2 fully saturated rings. The summed E-state index contributed by atoms with van der Waals surface area (Å²) in [5.41, 5.74) is 0.710. The van der Waals surface area contributed by atoms with E-state index in [9.17, 15) is 9.90 Å². The first kappa shape index (κ1) is 16.7. The molecule has 1 saturated heterocycles. The van der Waals surface area contributed by atoms with E-state index in [0.29, 0.717) is 33.2 Å². The molecule has 1 saturated carbocycles. The van der Waals surface area contributed by atoms with Crippen LogP contribution in [0.5, 0.6) is 17.2 Å². The quantitative estimate of drug-likeness (QED) is 0.818. The molecule has 1 heterocycles. The average Bonchev–Trinajstić information content (AvgIpc) is 3.19. The summed E-state index contributed by atoms with van der Waals surface area (Å²) in [6.45, 7) is 0.